The predicted octanol–water partition coefficient (Wildman–Crippen LogP) is 5.43. The standard InChI is InChI=1S/C30H21N9/c1-7-28(37-19-31-16-34-37)8-2-22(1)25-13-26(23-3-9-29(10-4-23)38-20-32-17-35-38)15-27(14-25)24-5-11-30(12-6-24)39-21-33-18-36-39/h1-21H. The number of hydrogen-bond donors (Lipinski definition) is 0. The van der Waals surface area contributed by atoms with Gasteiger partial charge >= 0.3 is 0 Å². The average molecular weight is 508 g/mol. The first-order valence-electron chi connectivity index (χ1n) is 12.3. The zero-order valence-corrected chi connectivity index (χ0v) is 20.6. The van der Waals surface area contributed by atoms with Crippen LogP contribution in [-0.2, 0) is 0 Å². The minimum atomic E-state index is 0.958. The molecule has 0 saturated carbocycles. The van der Waals surface area contributed by atoms with E-state index in [4.69, 9.17) is 0 Å². The van der Waals surface area contributed by atoms with Crippen molar-refractivity contribution in [3.63, 3.8) is 0 Å². The maximum Gasteiger partial charge on any atom is 0.138 e. The molecule has 0 aliphatic heterocycles. The largest absolute Gasteiger partial charge is 0.223 e. The molecule has 9 nitrogen and oxygen atoms in total. The van der Waals surface area contributed by atoms with Gasteiger partial charge in [-0.2, -0.15) is 15.3 Å². The predicted molar refractivity (Wildman–Crippen MR) is 148 cm³/mol. The molecule has 0 amide bonds. The van der Waals surface area contributed by atoms with Crippen LogP contribution in [0.1, 0.15) is 0 Å². The van der Waals surface area contributed by atoms with Crippen LogP contribution < -0.4 is 0 Å². The number of aromatic nitrogens is 9. The summed E-state index contributed by atoms with van der Waals surface area (Å²) >= 11 is 0. The maximum absolute atomic E-state index is 4.23. The van der Waals surface area contributed by atoms with Gasteiger partial charge in [-0.15, -0.1) is 0 Å². The second-order valence-electron chi connectivity index (χ2n) is 8.96. The molecule has 0 aliphatic carbocycles. The topological polar surface area (TPSA) is 92.1 Å². The summed E-state index contributed by atoms with van der Waals surface area (Å²) in [5.74, 6) is 0. The quantitative estimate of drug-likeness (QED) is 0.298. The van der Waals surface area contributed by atoms with Gasteiger partial charge in [-0.25, -0.2) is 29.0 Å². The molecule has 39 heavy (non-hydrogen) atoms. The second-order valence-corrected chi connectivity index (χ2v) is 8.96. The van der Waals surface area contributed by atoms with Crippen LogP contribution in [-0.4, -0.2) is 44.3 Å². The third-order valence-electron chi connectivity index (χ3n) is 6.58. The van der Waals surface area contributed by atoms with E-state index >= 15 is 0 Å². The molecule has 0 spiro atoms. The van der Waals surface area contributed by atoms with Gasteiger partial charge in [-0.1, -0.05) is 36.4 Å². The van der Waals surface area contributed by atoms with E-state index in [0.717, 1.165) is 50.4 Å². The van der Waals surface area contributed by atoms with E-state index in [9.17, 15) is 0 Å². The minimum Gasteiger partial charge on any atom is -0.223 e. The third-order valence-corrected chi connectivity index (χ3v) is 6.58. The van der Waals surface area contributed by atoms with Crippen molar-refractivity contribution in [2.24, 2.45) is 0 Å². The van der Waals surface area contributed by atoms with Crippen LogP contribution in [0.15, 0.2) is 129 Å². The lowest BCUT2D eigenvalue weighted by molar-refractivity contribution is 0.879. The van der Waals surface area contributed by atoms with E-state index < -0.39 is 0 Å². The minimum absolute atomic E-state index is 0.958. The van der Waals surface area contributed by atoms with Gasteiger partial charge in [-0.3, -0.25) is 0 Å². The highest BCUT2D eigenvalue weighted by molar-refractivity contribution is 5.81. The second kappa shape index (κ2) is 9.64. The summed E-state index contributed by atoms with van der Waals surface area (Å²) in [6.45, 7) is 0. The van der Waals surface area contributed by atoms with Crippen LogP contribution in [0.25, 0.3) is 50.4 Å². The normalized spacial score (nSPS) is 11.1. The Morgan fingerprint density at radius 2 is 0.615 bits per heavy atom. The van der Waals surface area contributed by atoms with Crippen LogP contribution in [0.3, 0.4) is 0 Å². The average Bonchev–Trinajstić information content (AvgIpc) is 3.82. The van der Waals surface area contributed by atoms with Crippen molar-refractivity contribution < 1.29 is 0 Å². The zero-order valence-electron chi connectivity index (χ0n) is 20.6. The van der Waals surface area contributed by atoms with Crippen molar-refractivity contribution in [2.75, 3.05) is 0 Å². The van der Waals surface area contributed by atoms with Gasteiger partial charge in [-0.05, 0) is 88.0 Å². The SMILES string of the molecule is c1ncn(-c2ccc(-c3cc(-c4ccc(-n5cncn5)cc4)cc(-c4ccc(-n5cncn5)cc4)c3)cc2)n1. The van der Waals surface area contributed by atoms with Gasteiger partial charge in [0.15, 0.2) is 0 Å². The first-order chi connectivity index (χ1) is 19.3. The number of nitrogens with zero attached hydrogens (tertiary/aromatic N) is 9. The molecule has 0 bridgehead atoms. The lowest BCUT2D eigenvalue weighted by atomic mass is 9.93. The van der Waals surface area contributed by atoms with E-state index in [1.54, 1.807) is 33.0 Å². The van der Waals surface area contributed by atoms with Crippen LogP contribution in [0.4, 0.5) is 0 Å². The lowest BCUT2D eigenvalue weighted by Gasteiger charge is -2.13. The molecule has 0 N–H and O–H groups in total. The van der Waals surface area contributed by atoms with Crippen LogP contribution in [0.5, 0.6) is 0 Å². The van der Waals surface area contributed by atoms with E-state index in [1.807, 2.05) is 0 Å². The molecule has 7 aromatic rings. The molecule has 3 aromatic heterocycles. The molecule has 3 heterocycles. The maximum atomic E-state index is 4.23. The fourth-order valence-electron chi connectivity index (χ4n) is 4.57. The molecular weight excluding hydrogens is 486 g/mol. The third kappa shape index (κ3) is 4.49. The van der Waals surface area contributed by atoms with E-state index in [0.29, 0.717) is 0 Å². The van der Waals surface area contributed by atoms with Crippen molar-refractivity contribution in [3.8, 4) is 50.4 Å². The Kier molecular flexibility index (Phi) is 5.56. The van der Waals surface area contributed by atoms with Gasteiger partial charge in [0.05, 0.1) is 17.1 Å². The Labute approximate surface area is 223 Å². The fraction of sp³-hybridized carbons (Fsp3) is 0. The van der Waals surface area contributed by atoms with Gasteiger partial charge in [0.25, 0.3) is 0 Å². The van der Waals surface area contributed by atoms with Crippen LogP contribution in [0, 0.1) is 0 Å². The summed E-state index contributed by atoms with van der Waals surface area (Å²) in [5, 5.41) is 12.7. The molecule has 0 saturated heterocycles. The summed E-state index contributed by atoms with van der Waals surface area (Å²) in [7, 11) is 0. The van der Waals surface area contributed by atoms with Gasteiger partial charge < -0.3 is 0 Å². The van der Waals surface area contributed by atoms with Crippen LogP contribution in [0.2, 0.25) is 0 Å². The highest BCUT2D eigenvalue weighted by Crippen LogP contribution is 2.34. The fourth-order valence-corrected chi connectivity index (χ4v) is 4.57. The van der Waals surface area contributed by atoms with Crippen molar-refractivity contribution in [2.45, 2.75) is 0 Å². The molecule has 0 atom stereocenters. The van der Waals surface area contributed by atoms with E-state index in [1.165, 1.54) is 19.0 Å². The number of hydrogen-bond acceptors (Lipinski definition) is 6. The first kappa shape index (κ1) is 22.5. The molecule has 0 aliphatic rings. The molecule has 0 unspecified atom stereocenters. The van der Waals surface area contributed by atoms with Gasteiger partial charge in [0.1, 0.15) is 38.0 Å². The molecule has 0 fully saturated rings. The van der Waals surface area contributed by atoms with E-state index in [2.05, 4.69) is 121 Å². The molecule has 0 radical (unpaired) electrons. The lowest BCUT2D eigenvalue weighted by Crippen LogP contribution is -1.95. The highest BCUT2D eigenvalue weighted by atomic mass is 15.3. The first-order valence-corrected chi connectivity index (χ1v) is 12.3. The monoisotopic (exact) mass is 507 g/mol. The smallest absolute Gasteiger partial charge is 0.138 e. The molecule has 9 heteroatoms. The Morgan fingerprint density at radius 3 is 0.846 bits per heavy atom. The Morgan fingerprint density at radius 1 is 0.333 bits per heavy atom. The molecular formula is C30H21N9. The summed E-state index contributed by atoms with van der Waals surface area (Å²) in [5.41, 5.74) is 9.57. The van der Waals surface area contributed by atoms with Gasteiger partial charge in [0.2, 0.25) is 0 Å². The van der Waals surface area contributed by atoms with Crippen molar-refractivity contribution in [1.82, 2.24) is 44.3 Å². The summed E-state index contributed by atoms with van der Waals surface area (Å²) in [4.78, 5) is 12.1. The van der Waals surface area contributed by atoms with Gasteiger partial charge in [0, 0.05) is 0 Å². The summed E-state index contributed by atoms with van der Waals surface area (Å²) < 4.78 is 5.25. The molecule has 4 aromatic carbocycles. The summed E-state index contributed by atoms with van der Waals surface area (Å²) in [6, 6.07) is 31.7. The van der Waals surface area contributed by atoms with Crippen molar-refractivity contribution in [1.29, 1.82) is 0 Å². The van der Waals surface area contributed by atoms with E-state index in [-0.39, 0.29) is 0 Å². The Balaban J connectivity index is 1.30. The Bertz CT molecular complexity index is 1570. The zero-order chi connectivity index (χ0) is 26.0. The Hall–Kier alpha value is -5.70. The van der Waals surface area contributed by atoms with Crippen LogP contribution >= 0.6 is 0 Å². The number of benzene rings is 4. The highest BCUT2D eigenvalue weighted by Gasteiger charge is 2.10. The molecule has 186 valence electrons. The summed E-state index contributed by atoms with van der Waals surface area (Å²) in [6.07, 6.45) is 9.68. The van der Waals surface area contributed by atoms with Crippen molar-refractivity contribution in [3.05, 3.63) is 129 Å². The molecule has 7 rings (SSSR count). The van der Waals surface area contributed by atoms with Crippen molar-refractivity contribution >= 4 is 0 Å². The number of rotatable bonds is 6.